The molecule has 1 aromatic rings. The summed E-state index contributed by atoms with van der Waals surface area (Å²) < 4.78 is 0. The minimum Gasteiger partial charge on any atom is -0.326 e. The predicted octanol–water partition coefficient (Wildman–Crippen LogP) is 1.80. The van der Waals surface area contributed by atoms with E-state index in [0.717, 1.165) is 0 Å². The van der Waals surface area contributed by atoms with Gasteiger partial charge in [-0.05, 0) is 24.3 Å². The van der Waals surface area contributed by atoms with E-state index in [4.69, 9.17) is 10.5 Å². The molecule has 0 bridgehead atoms. The van der Waals surface area contributed by atoms with E-state index < -0.39 is 0 Å². The van der Waals surface area contributed by atoms with Crippen LogP contribution >= 0.6 is 0 Å². The summed E-state index contributed by atoms with van der Waals surface area (Å²) in [6, 6.07) is 10.4. The summed E-state index contributed by atoms with van der Waals surface area (Å²) in [5, 5.41) is 19.5. The Balaban J connectivity index is 2.55. The smallest absolute Gasteiger partial charge is 0.225 e. The highest BCUT2D eigenvalue weighted by Crippen LogP contribution is 2.09. The first-order valence-corrected chi connectivity index (χ1v) is 4.43. The van der Waals surface area contributed by atoms with Crippen molar-refractivity contribution in [2.24, 2.45) is 0 Å². The second kappa shape index (κ2) is 5.41. The zero-order valence-electron chi connectivity index (χ0n) is 8.03. The first kappa shape index (κ1) is 10.7. The Labute approximate surface area is 87.8 Å². The highest BCUT2D eigenvalue weighted by molar-refractivity contribution is 5.90. The van der Waals surface area contributed by atoms with Crippen molar-refractivity contribution < 1.29 is 4.79 Å². The van der Waals surface area contributed by atoms with E-state index in [1.807, 2.05) is 12.1 Å². The standard InChI is InChI=1S/C11H9N3O/c12-7-1-2-11(15)14-10-5-3-9(8-13)4-6-10/h3-6H,1-2H2,(H,14,15). The maximum Gasteiger partial charge on any atom is 0.225 e. The molecule has 74 valence electrons. The number of carbonyl (C=O) groups excluding carboxylic acids is 1. The van der Waals surface area contributed by atoms with Crippen molar-refractivity contribution in [1.29, 1.82) is 10.5 Å². The van der Waals surface area contributed by atoms with Gasteiger partial charge in [0.2, 0.25) is 5.91 Å². The number of hydrogen-bond donors (Lipinski definition) is 1. The molecular weight excluding hydrogens is 190 g/mol. The highest BCUT2D eigenvalue weighted by atomic mass is 16.1. The molecule has 0 saturated heterocycles. The van der Waals surface area contributed by atoms with E-state index in [-0.39, 0.29) is 18.7 Å². The van der Waals surface area contributed by atoms with Crippen LogP contribution in [0.25, 0.3) is 0 Å². The third-order valence-electron chi connectivity index (χ3n) is 1.76. The van der Waals surface area contributed by atoms with Gasteiger partial charge < -0.3 is 5.32 Å². The molecule has 0 aliphatic carbocycles. The van der Waals surface area contributed by atoms with Crippen LogP contribution < -0.4 is 5.32 Å². The van der Waals surface area contributed by atoms with Crippen molar-refractivity contribution in [2.45, 2.75) is 12.8 Å². The van der Waals surface area contributed by atoms with Crippen molar-refractivity contribution in [2.75, 3.05) is 5.32 Å². The number of nitrogens with zero attached hydrogens (tertiary/aromatic N) is 2. The van der Waals surface area contributed by atoms with Gasteiger partial charge in [0.1, 0.15) is 0 Å². The van der Waals surface area contributed by atoms with Gasteiger partial charge in [-0.25, -0.2) is 0 Å². The lowest BCUT2D eigenvalue weighted by atomic mass is 10.2. The largest absolute Gasteiger partial charge is 0.326 e. The summed E-state index contributed by atoms with van der Waals surface area (Å²) in [6.07, 6.45) is 0.401. The number of benzene rings is 1. The summed E-state index contributed by atoms with van der Waals surface area (Å²) in [5.74, 6) is -0.193. The van der Waals surface area contributed by atoms with Gasteiger partial charge in [-0.1, -0.05) is 0 Å². The molecule has 1 rings (SSSR count). The van der Waals surface area contributed by atoms with E-state index in [9.17, 15) is 4.79 Å². The Morgan fingerprint density at radius 1 is 1.27 bits per heavy atom. The SMILES string of the molecule is N#CCCC(=O)Nc1ccc(C#N)cc1. The molecule has 0 radical (unpaired) electrons. The quantitative estimate of drug-likeness (QED) is 0.806. The molecule has 0 unspecified atom stereocenters. The summed E-state index contributed by atoms with van der Waals surface area (Å²) in [4.78, 5) is 11.2. The Kier molecular flexibility index (Phi) is 3.88. The van der Waals surface area contributed by atoms with Crippen LogP contribution in [0.3, 0.4) is 0 Å². The van der Waals surface area contributed by atoms with Crippen molar-refractivity contribution in [1.82, 2.24) is 0 Å². The number of rotatable bonds is 3. The third kappa shape index (κ3) is 3.50. The zero-order chi connectivity index (χ0) is 11.1. The molecule has 1 N–H and O–H groups in total. The molecule has 1 amide bonds. The summed E-state index contributed by atoms with van der Waals surface area (Å²) in [6.45, 7) is 0. The number of nitriles is 2. The fraction of sp³-hybridized carbons (Fsp3) is 0.182. The van der Waals surface area contributed by atoms with Crippen molar-refractivity contribution in [3.63, 3.8) is 0 Å². The van der Waals surface area contributed by atoms with Crippen LogP contribution in [0, 0.1) is 22.7 Å². The molecule has 0 aliphatic rings. The normalized spacial score (nSPS) is 8.67. The second-order valence-electron chi connectivity index (χ2n) is 2.90. The summed E-state index contributed by atoms with van der Waals surface area (Å²) >= 11 is 0. The number of nitrogens with one attached hydrogen (secondary N) is 1. The van der Waals surface area contributed by atoms with E-state index in [1.165, 1.54) is 0 Å². The lowest BCUT2D eigenvalue weighted by molar-refractivity contribution is -0.116. The van der Waals surface area contributed by atoms with Gasteiger partial charge in [0.25, 0.3) is 0 Å². The predicted molar refractivity (Wildman–Crippen MR) is 54.6 cm³/mol. The number of anilines is 1. The van der Waals surface area contributed by atoms with Gasteiger partial charge in [0.15, 0.2) is 0 Å². The van der Waals surface area contributed by atoms with Gasteiger partial charge in [0, 0.05) is 18.5 Å². The van der Waals surface area contributed by atoms with E-state index in [1.54, 1.807) is 24.3 Å². The molecule has 0 fully saturated rings. The van der Waals surface area contributed by atoms with Gasteiger partial charge >= 0.3 is 0 Å². The van der Waals surface area contributed by atoms with Crippen LogP contribution in [0.5, 0.6) is 0 Å². The highest BCUT2D eigenvalue weighted by Gasteiger charge is 2.01. The van der Waals surface area contributed by atoms with Crippen LogP contribution in [0.1, 0.15) is 18.4 Å². The maximum absolute atomic E-state index is 11.2. The first-order chi connectivity index (χ1) is 7.26. The monoisotopic (exact) mass is 199 g/mol. The fourth-order valence-electron chi connectivity index (χ4n) is 1.02. The molecule has 1 aromatic carbocycles. The molecule has 4 heteroatoms. The zero-order valence-corrected chi connectivity index (χ0v) is 8.03. The third-order valence-corrected chi connectivity index (χ3v) is 1.76. The van der Waals surface area contributed by atoms with Crippen molar-refractivity contribution in [3.8, 4) is 12.1 Å². The van der Waals surface area contributed by atoms with Crippen molar-refractivity contribution in [3.05, 3.63) is 29.8 Å². The lowest BCUT2D eigenvalue weighted by Crippen LogP contribution is -2.10. The average molecular weight is 199 g/mol. The minimum atomic E-state index is -0.193. The summed E-state index contributed by atoms with van der Waals surface area (Å²) in [7, 11) is 0. The number of amides is 1. The van der Waals surface area contributed by atoms with Crippen molar-refractivity contribution >= 4 is 11.6 Å². The Morgan fingerprint density at radius 3 is 2.47 bits per heavy atom. The average Bonchev–Trinajstić information content (AvgIpc) is 2.27. The van der Waals surface area contributed by atoms with Gasteiger partial charge in [-0.2, -0.15) is 10.5 Å². The Hall–Kier alpha value is -2.33. The molecule has 0 aromatic heterocycles. The number of carbonyl (C=O) groups is 1. The maximum atomic E-state index is 11.2. The van der Waals surface area contributed by atoms with Crippen LogP contribution in [0.2, 0.25) is 0 Å². The Morgan fingerprint density at radius 2 is 1.93 bits per heavy atom. The van der Waals surface area contributed by atoms with E-state index >= 15 is 0 Å². The van der Waals surface area contributed by atoms with Crippen LogP contribution in [0.4, 0.5) is 5.69 Å². The Bertz CT molecular complexity index is 423. The second-order valence-corrected chi connectivity index (χ2v) is 2.90. The van der Waals surface area contributed by atoms with Crippen LogP contribution in [-0.2, 0) is 4.79 Å². The molecule has 0 spiro atoms. The molecule has 0 aliphatic heterocycles. The molecule has 4 nitrogen and oxygen atoms in total. The molecular formula is C11H9N3O. The van der Waals surface area contributed by atoms with E-state index in [2.05, 4.69) is 5.32 Å². The minimum absolute atomic E-state index is 0.191. The lowest BCUT2D eigenvalue weighted by Gasteiger charge is -2.02. The molecule has 0 atom stereocenters. The molecule has 15 heavy (non-hydrogen) atoms. The first-order valence-electron chi connectivity index (χ1n) is 4.43. The van der Waals surface area contributed by atoms with Gasteiger partial charge in [-0.15, -0.1) is 0 Å². The summed E-state index contributed by atoms with van der Waals surface area (Å²) in [5.41, 5.74) is 1.18. The molecule has 0 heterocycles. The molecule has 0 saturated carbocycles. The number of hydrogen-bond acceptors (Lipinski definition) is 3. The van der Waals surface area contributed by atoms with Crippen LogP contribution in [-0.4, -0.2) is 5.91 Å². The fourth-order valence-corrected chi connectivity index (χ4v) is 1.02. The van der Waals surface area contributed by atoms with Gasteiger partial charge in [-0.3, -0.25) is 4.79 Å². The van der Waals surface area contributed by atoms with E-state index in [0.29, 0.717) is 11.3 Å². The van der Waals surface area contributed by atoms with Gasteiger partial charge in [0.05, 0.1) is 17.7 Å². The van der Waals surface area contributed by atoms with Crippen LogP contribution in [0.15, 0.2) is 24.3 Å². The topological polar surface area (TPSA) is 76.7 Å².